The van der Waals surface area contributed by atoms with Crippen LogP contribution in [-0.2, 0) is 19.0 Å². The summed E-state index contributed by atoms with van der Waals surface area (Å²) in [5, 5.41) is 3.17. The third-order valence-corrected chi connectivity index (χ3v) is 1.55. The molecule has 0 spiro atoms. The first-order chi connectivity index (χ1) is 8.31. The molecule has 0 rings (SSSR count). The molecule has 7 nitrogen and oxygen atoms in total. The van der Waals surface area contributed by atoms with Crippen molar-refractivity contribution >= 4 is 5.97 Å². The Morgan fingerprint density at radius 1 is 1.29 bits per heavy atom. The Morgan fingerprint density at radius 3 is 2.71 bits per heavy atom. The topological polar surface area (TPSA) is 93.5 Å². The van der Waals surface area contributed by atoms with E-state index in [1.807, 2.05) is 0 Å². The number of nitrogens with zero attached hydrogens (tertiary/aromatic N) is 3. The van der Waals surface area contributed by atoms with Crippen LogP contribution in [-0.4, -0.2) is 39.1 Å². The van der Waals surface area contributed by atoms with Crippen LogP contribution in [0.25, 0.3) is 10.4 Å². The van der Waals surface area contributed by atoms with Crippen LogP contribution in [0.4, 0.5) is 0 Å². The van der Waals surface area contributed by atoms with E-state index in [4.69, 9.17) is 26.2 Å². The SMILES string of the molecule is C#CCCC(=O)OCCOCCOCN=[N+]=[N-]. The second-order valence-electron chi connectivity index (χ2n) is 2.81. The highest BCUT2D eigenvalue weighted by molar-refractivity contribution is 5.69. The van der Waals surface area contributed by atoms with Gasteiger partial charge in [0.1, 0.15) is 13.3 Å². The lowest BCUT2D eigenvalue weighted by molar-refractivity contribution is -0.145. The zero-order valence-electron chi connectivity index (χ0n) is 9.50. The van der Waals surface area contributed by atoms with Crippen molar-refractivity contribution in [1.29, 1.82) is 0 Å². The lowest BCUT2D eigenvalue weighted by Gasteiger charge is -2.05. The monoisotopic (exact) mass is 241 g/mol. The molecule has 0 N–H and O–H groups in total. The van der Waals surface area contributed by atoms with Crippen molar-refractivity contribution in [1.82, 2.24) is 0 Å². The van der Waals surface area contributed by atoms with E-state index in [1.165, 1.54) is 0 Å². The van der Waals surface area contributed by atoms with Crippen molar-refractivity contribution in [3.8, 4) is 12.3 Å². The van der Waals surface area contributed by atoms with Gasteiger partial charge < -0.3 is 14.2 Å². The highest BCUT2D eigenvalue weighted by Crippen LogP contribution is 1.91. The summed E-state index contributed by atoms with van der Waals surface area (Å²) in [5.41, 5.74) is 7.94. The maximum atomic E-state index is 11.0. The van der Waals surface area contributed by atoms with Crippen molar-refractivity contribution in [2.24, 2.45) is 5.11 Å². The Balaban J connectivity index is 3.15. The highest BCUT2D eigenvalue weighted by Gasteiger charge is 2.00. The van der Waals surface area contributed by atoms with E-state index in [0.29, 0.717) is 26.2 Å². The van der Waals surface area contributed by atoms with Crippen LogP contribution >= 0.6 is 0 Å². The molecular formula is C10H15N3O4. The molecule has 0 aromatic heterocycles. The fourth-order valence-electron chi connectivity index (χ4n) is 0.812. The number of esters is 1. The fourth-order valence-corrected chi connectivity index (χ4v) is 0.812. The molecule has 0 aromatic rings. The van der Waals surface area contributed by atoms with Gasteiger partial charge in [-0.2, -0.15) is 0 Å². The molecule has 0 fully saturated rings. The number of hydrogen-bond donors (Lipinski definition) is 0. The van der Waals surface area contributed by atoms with E-state index >= 15 is 0 Å². The predicted octanol–water partition coefficient (Wildman–Crippen LogP) is 1.24. The van der Waals surface area contributed by atoms with Crippen LogP contribution in [0.1, 0.15) is 12.8 Å². The van der Waals surface area contributed by atoms with Crippen molar-refractivity contribution < 1.29 is 19.0 Å². The molecule has 0 unspecified atom stereocenters. The Labute approximate surface area is 99.7 Å². The van der Waals surface area contributed by atoms with E-state index in [2.05, 4.69) is 15.9 Å². The Hall–Kier alpha value is -1.74. The van der Waals surface area contributed by atoms with Gasteiger partial charge in [0.2, 0.25) is 0 Å². The van der Waals surface area contributed by atoms with Crippen LogP contribution in [0.5, 0.6) is 0 Å². The Kier molecular flexibility index (Phi) is 11.1. The Bertz CT molecular complexity index is 294. The summed E-state index contributed by atoms with van der Waals surface area (Å²) < 4.78 is 14.8. The molecule has 0 aliphatic carbocycles. The van der Waals surface area contributed by atoms with E-state index in [0.717, 1.165) is 0 Å². The van der Waals surface area contributed by atoms with Gasteiger partial charge >= 0.3 is 5.97 Å². The van der Waals surface area contributed by atoms with Gasteiger partial charge in [-0.05, 0) is 5.53 Å². The summed E-state index contributed by atoms with van der Waals surface area (Å²) in [7, 11) is 0. The summed E-state index contributed by atoms with van der Waals surface area (Å²) >= 11 is 0. The first-order valence-electron chi connectivity index (χ1n) is 5.06. The molecular weight excluding hydrogens is 226 g/mol. The van der Waals surface area contributed by atoms with Gasteiger partial charge in [0, 0.05) is 11.3 Å². The summed E-state index contributed by atoms with van der Waals surface area (Å²) in [5.74, 6) is 2.02. The molecule has 0 amide bonds. The minimum absolute atomic E-state index is 0.0130. The largest absolute Gasteiger partial charge is 0.463 e. The van der Waals surface area contributed by atoms with E-state index < -0.39 is 0 Å². The van der Waals surface area contributed by atoms with Crippen molar-refractivity contribution in [2.45, 2.75) is 12.8 Å². The lowest BCUT2D eigenvalue weighted by Crippen LogP contribution is -2.12. The predicted molar refractivity (Wildman–Crippen MR) is 59.8 cm³/mol. The standard InChI is InChI=1S/C10H15N3O4/c1-2-3-4-10(14)17-8-7-15-5-6-16-9-12-13-11/h1H,3-9H2. The quantitative estimate of drug-likeness (QED) is 0.144. The third kappa shape index (κ3) is 12.2. The van der Waals surface area contributed by atoms with Gasteiger partial charge in [0.25, 0.3) is 0 Å². The van der Waals surface area contributed by atoms with Gasteiger partial charge in [-0.1, -0.05) is 5.11 Å². The zero-order valence-corrected chi connectivity index (χ0v) is 9.50. The molecule has 0 saturated heterocycles. The van der Waals surface area contributed by atoms with Crippen molar-refractivity contribution in [2.75, 3.05) is 33.2 Å². The molecule has 0 aliphatic rings. The van der Waals surface area contributed by atoms with Gasteiger partial charge in [-0.25, -0.2) is 0 Å². The normalized spacial score (nSPS) is 9.12. The molecule has 94 valence electrons. The van der Waals surface area contributed by atoms with E-state index in [1.54, 1.807) is 0 Å². The zero-order chi connectivity index (χ0) is 12.8. The fraction of sp³-hybridized carbons (Fsp3) is 0.700. The number of carbonyl (C=O) groups is 1. The molecule has 7 heteroatoms. The number of terminal acetylenes is 1. The van der Waals surface area contributed by atoms with Crippen molar-refractivity contribution in [3.05, 3.63) is 10.4 Å². The summed E-state index contributed by atoms with van der Waals surface area (Å²) in [4.78, 5) is 13.5. The molecule has 17 heavy (non-hydrogen) atoms. The molecule has 0 bridgehead atoms. The minimum atomic E-state index is -0.328. The van der Waals surface area contributed by atoms with Crippen LogP contribution in [0, 0.1) is 12.3 Å². The number of hydrogen-bond acceptors (Lipinski definition) is 5. The third-order valence-electron chi connectivity index (χ3n) is 1.55. The van der Waals surface area contributed by atoms with Crippen LogP contribution in [0.2, 0.25) is 0 Å². The number of ether oxygens (including phenoxy) is 3. The highest BCUT2D eigenvalue weighted by atomic mass is 16.6. The average Bonchev–Trinajstić information content (AvgIpc) is 2.34. The van der Waals surface area contributed by atoms with Gasteiger partial charge in [0.15, 0.2) is 0 Å². The average molecular weight is 241 g/mol. The van der Waals surface area contributed by atoms with Crippen LogP contribution < -0.4 is 0 Å². The number of rotatable bonds is 10. The van der Waals surface area contributed by atoms with Crippen molar-refractivity contribution in [3.63, 3.8) is 0 Å². The Morgan fingerprint density at radius 2 is 2.00 bits per heavy atom. The molecule has 0 radical (unpaired) electrons. The van der Waals surface area contributed by atoms with Crippen LogP contribution in [0.15, 0.2) is 5.11 Å². The number of carbonyl (C=O) groups excluding carboxylic acids is 1. The van der Waals surface area contributed by atoms with Crippen LogP contribution in [0.3, 0.4) is 0 Å². The maximum Gasteiger partial charge on any atom is 0.306 e. The van der Waals surface area contributed by atoms with Gasteiger partial charge in [-0.15, -0.1) is 12.3 Å². The number of azide groups is 1. The maximum absolute atomic E-state index is 11.0. The molecule has 0 saturated carbocycles. The first kappa shape index (κ1) is 15.3. The summed E-state index contributed by atoms with van der Waals surface area (Å²) in [6.45, 7) is 1.15. The second kappa shape index (κ2) is 12.3. The molecule has 0 aliphatic heterocycles. The second-order valence-corrected chi connectivity index (χ2v) is 2.81. The molecule has 0 aromatic carbocycles. The lowest BCUT2D eigenvalue weighted by atomic mass is 10.3. The summed E-state index contributed by atoms with van der Waals surface area (Å²) in [6, 6.07) is 0. The summed E-state index contributed by atoms with van der Waals surface area (Å²) in [6.07, 6.45) is 5.60. The molecule has 0 heterocycles. The minimum Gasteiger partial charge on any atom is -0.463 e. The van der Waals surface area contributed by atoms with E-state index in [9.17, 15) is 4.79 Å². The first-order valence-corrected chi connectivity index (χ1v) is 5.06. The van der Waals surface area contributed by atoms with Gasteiger partial charge in [0.05, 0.1) is 26.2 Å². The smallest absolute Gasteiger partial charge is 0.306 e. The molecule has 0 atom stereocenters. The van der Waals surface area contributed by atoms with E-state index in [-0.39, 0.29) is 25.7 Å². The van der Waals surface area contributed by atoms with Gasteiger partial charge in [-0.3, -0.25) is 4.79 Å².